The maximum Gasteiger partial charge on any atom is 0.0459 e. The fourth-order valence-corrected chi connectivity index (χ4v) is 0.917. The molecule has 1 nitrogen and oxygen atoms in total. The van der Waals surface area contributed by atoms with Crippen LogP contribution in [0.3, 0.4) is 0 Å². The average molecular weight is 178 g/mol. The molecule has 0 bridgehead atoms. The summed E-state index contributed by atoms with van der Waals surface area (Å²) in [5.74, 6) is 0.560. The van der Waals surface area contributed by atoms with E-state index in [0.717, 1.165) is 6.42 Å². The summed E-state index contributed by atoms with van der Waals surface area (Å²) in [7, 11) is 0. The smallest absolute Gasteiger partial charge is 0.0459 e. The number of hydrogen-bond donors (Lipinski definition) is 1. The third kappa shape index (κ3) is 6.79. The van der Waals surface area contributed by atoms with Gasteiger partial charge in [0, 0.05) is 28.3 Å². The minimum atomic E-state index is 0. The van der Waals surface area contributed by atoms with Crippen LogP contribution in [0, 0.1) is 5.92 Å². The molecule has 0 heterocycles. The van der Waals surface area contributed by atoms with Crippen molar-refractivity contribution in [2.24, 2.45) is 5.92 Å². The van der Waals surface area contributed by atoms with Crippen molar-refractivity contribution in [3.05, 3.63) is 0 Å². The second-order valence-corrected chi connectivity index (χ2v) is 2.60. The van der Waals surface area contributed by atoms with Gasteiger partial charge in [-0.05, 0) is 12.3 Å². The summed E-state index contributed by atoms with van der Waals surface area (Å²) in [5, 5.41) is 8.75. The monoisotopic (exact) mass is 178 g/mol. The quantitative estimate of drug-likeness (QED) is 0.639. The number of unbranched alkanes of at least 4 members (excludes halogenated alkanes) is 1. The second-order valence-electron chi connectivity index (χ2n) is 2.60. The van der Waals surface area contributed by atoms with Gasteiger partial charge in [-0.15, -0.1) is 0 Å². The first kappa shape index (κ1) is 13.3. The van der Waals surface area contributed by atoms with Gasteiger partial charge in [-0.25, -0.2) is 0 Å². The first-order valence-corrected chi connectivity index (χ1v) is 3.96. The molecule has 0 saturated heterocycles. The van der Waals surface area contributed by atoms with Crippen LogP contribution in [-0.4, -0.2) is 11.7 Å². The van der Waals surface area contributed by atoms with Gasteiger partial charge in [0.15, 0.2) is 0 Å². The molecule has 1 N–H and O–H groups in total. The summed E-state index contributed by atoms with van der Waals surface area (Å²) in [5.41, 5.74) is 0. The van der Waals surface area contributed by atoms with Gasteiger partial charge in [0.1, 0.15) is 0 Å². The molecule has 2 heteroatoms. The van der Waals surface area contributed by atoms with Gasteiger partial charge >= 0.3 is 0 Å². The Balaban J connectivity index is 0. The maximum absolute atomic E-state index is 8.75. The molecule has 1 unspecified atom stereocenters. The molecule has 10 heavy (non-hydrogen) atoms. The molecule has 0 aliphatic rings. The van der Waals surface area contributed by atoms with Crippen molar-refractivity contribution in [3.63, 3.8) is 0 Å². The van der Waals surface area contributed by atoms with Crippen LogP contribution in [0.5, 0.6) is 0 Å². The number of aliphatic hydroxyl groups is 1. The summed E-state index contributed by atoms with van der Waals surface area (Å²) in [6, 6.07) is 0. The van der Waals surface area contributed by atoms with Crippen LogP contribution in [0.2, 0.25) is 0 Å². The average Bonchev–Trinajstić information content (AvgIpc) is 1.91. The normalized spacial score (nSPS) is 12.3. The molecular formula is C8H18OTi. The molecule has 0 aromatic carbocycles. The third-order valence-corrected chi connectivity index (χ3v) is 1.80. The van der Waals surface area contributed by atoms with Crippen LogP contribution in [0.15, 0.2) is 0 Å². The van der Waals surface area contributed by atoms with Gasteiger partial charge in [0.2, 0.25) is 0 Å². The topological polar surface area (TPSA) is 20.2 Å². The molecule has 0 amide bonds. The fourth-order valence-electron chi connectivity index (χ4n) is 0.917. The van der Waals surface area contributed by atoms with E-state index in [1.807, 2.05) is 0 Å². The number of rotatable bonds is 5. The van der Waals surface area contributed by atoms with Crippen molar-refractivity contribution in [2.45, 2.75) is 39.5 Å². The zero-order valence-electron chi connectivity index (χ0n) is 7.06. The Morgan fingerprint density at radius 1 is 1.30 bits per heavy atom. The summed E-state index contributed by atoms with van der Waals surface area (Å²) >= 11 is 0. The molecule has 60 valence electrons. The van der Waals surface area contributed by atoms with Gasteiger partial charge in [-0.2, -0.15) is 0 Å². The van der Waals surface area contributed by atoms with Gasteiger partial charge in [-0.3, -0.25) is 0 Å². The van der Waals surface area contributed by atoms with E-state index >= 15 is 0 Å². The Morgan fingerprint density at radius 2 is 1.90 bits per heavy atom. The first-order chi connectivity index (χ1) is 4.35. The Morgan fingerprint density at radius 3 is 2.20 bits per heavy atom. The molecule has 0 saturated carbocycles. The van der Waals surface area contributed by atoms with Crippen molar-refractivity contribution in [1.29, 1.82) is 0 Å². The van der Waals surface area contributed by atoms with Crippen LogP contribution < -0.4 is 0 Å². The standard InChI is InChI=1S/C8H18O.Ti/c1-3-5-6-8(4-2)7-9;/h8-9H,3-7H2,1-2H3;. The SMILES string of the molecule is CCCCC(CC)CO.[Ti]. The minimum absolute atomic E-state index is 0. The van der Waals surface area contributed by atoms with Gasteiger partial charge in [-0.1, -0.05) is 33.1 Å². The summed E-state index contributed by atoms with van der Waals surface area (Å²) < 4.78 is 0. The zero-order chi connectivity index (χ0) is 7.11. The Hall–Kier alpha value is 0.674. The number of aliphatic hydroxyl groups excluding tert-OH is 1. The van der Waals surface area contributed by atoms with Crippen LogP contribution in [0.1, 0.15) is 39.5 Å². The molecule has 0 aromatic heterocycles. The van der Waals surface area contributed by atoms with Crippen LogP contribution in [0.25, 0.3) is 0 Å². The molecule has 0 fully saturated rings. The van der Waals surface area contributed by atoms with E-state index in [2.05, 4.69) is 13.8 Å². The van der Waals surface area contributed by atoms with E-state index in [4.69, 9.17) is 5.11 Å². The fraction of sp³-hybridized carbons (Fsp3) is 1.00. The molecule has 0 radical (unpaired) electrons. The van der Waals surface area contributed by atoms with E-state index in [0.29, 0.717) is 12.5 Å². The van der Waals surface area contributed by atoms with E-state index in [1.54, 1.807) is 0 Å². The summed E-state index contributed by atoms with van der Waals surface area (Å²) in [4.78, 5) is 0. The summed E-state index contributed by atoms with van der Waals surface area (Å²) in [6.07, 6.45) is 4.83. The van der Waals surface area contributed by atoms with E-state index in [9.17, 15) is 0 Å². The third-order valence-electron chi connectivity index (χ3n) is 1.80. The van der Waals surface area contributed by atoms with E-state index < -0.39 is 0 Å². The second kappa shape index (κ2) is 9.67. The van der Waals surface area contributed by atoms with E-state index in [-0.39, 0.29) is 21.7 Å². The van der Waals surface area contributed by atoms with Crippen molar-refractivity contribution in [1.82, 2.24) is 0 Å². The molecule has 1 atom stereocenters. The first-order valence-electron chi connectivity index (χ1n) is 3.96. The molecule has 0 aliphatic heterocycles. The zero-order valence-corrected chi connectivity index (χ0v) is 8.62. The van der Waals surface area contributed by atoms with Crippen molar-refractivity contribution < 1.29 is 26.8 Å². The summed E-state index contributed by atoms with van der Waals surface area (Å²) in [6.45, 7) is 4.69. The van der Waals surface area contributed by atoms with Crippen LogP contribution >= 0.6 is 0 Å². The van der Waals surface area contributed by atoms with Crippen molar-refractivity contribution in [2.75, 3.05) is 6.61 Å². The van der Waals surface area contributed by atoms with E-state index in [1.165, 1.54) is 19.3 Å². The van der Waals surface area contributed by atoms with Gasteiger partial charge in [0.05, 0.1) is 0 Å². The Labute approximate surface area is 79.1 Å². The molecule has 0 rings (SSSR count). The Kier molecular flexibility index (Phi) is 12.8. The molecular weight excluding hydrogens is 160 g/mol. The van der Waals surface area contributed by atoms with Crippen molar-refractivity contribution >= 4 is 0 Å². The minimum Gasteiger partial charge on any atom is -0.396 e. The predicted molar refractivity (Wildman–Crippen MR) is 40.4 cm³/mol. The molecule has 0 aliphatic carbocycles. The van der Waals surface area contributed by atoms with Gasteiger partial charge < -0.3 is 5.11 Å². The van der Waals surface area contributed by atoms with Crippen LogP contribution in [-0.2, 0) is 21.7 Å². The predicted octanol–water partition coefficient (Wildman–Crippen LogP) is 2.19. The largest absolute Gasteiger partial charge is 0.396 e. The number of hydrogen-bond acceptors (Lipinski definition) is 1. The van der Waals surface area contributed by atoms with Crippen molar-refractivity contribution in [3.8, 4) is 0 Å². The molecule has 0 aromatic rings. The van der Waals surface area contributed by atoms with Crippen LogP contribution in [0.4, 0.5) is 0 Å². The van der Waals surface area contributed by atoms with Gasteiger partial charge in [0.25, 0.3) is 0 Å². The molecule has 0 spiro atoms. The Bertz CT molecular complexity index is 53.2. The maximum atomic E-state index is 8.75.